The lowest BCUT2D eigenvalue weighted by Crippen LogP contribution is -2.13. The minimum atomic E-state index is -3.65. The molecule has 0 unspecified atom stereocenters. The number of nitrogens with zero attached hydrogens (tertiary/aromatic N) is 4. The lowest BCUT2D eigenvalue weighted by molar-refractivity contribution is 0.599. The SMILES string of the molecule is NCCn1cc(S(=O)(=O)Nc2nncs2)cn1. The lowest BCUT2D eigenvalue weighted by atomic mass is 10.6. The molecule has 8 nitrogen and oxygen atoms in total. The molecular formula is C7H10N6O2S2. The molecular weight excluding hydrogens is 264 g/mol. The monoisotopic (exact) mass is 274 g/mol. The Kier molecular flexibility index (Phi) is 3.36. The number of nitrogens with one attached hydrogen (secondary N) is 1. The summed E-state index contributed by atoms with van der Waals surface area (Å²) < 4.78 is 27.5. The molecule has 0 aliphatic rings. The topological polar surface area (TPSA) is 116 Å². The number of hydrogen-bond acceptors (Lipinski definition) is 7. The van der Waals surface area contributed by atoms with Crippen molar-refractivity contribution in [2.24, 2.45) is 5.73 Å². The van der Waals surface area contributed by atoms with Gasteiger partial charge in [-0.1, -0.05) is 11.3 Å². The Balaban J connectivity index is 2.19. The first-order valence-electron chi connectivity index (χ1n) is 4.63. The number of aromatic nitrogens is 4. The molecule has 0 saturated carbocycles. The van der Waals surface area contributed by atoms with Crippen LogP contribution in [0.3, 0.4) is 0 Å². The Hall–Kier alpha value is -1.52. The molecule has 17 heavy (non-hydrogen) atoms. The molecule has 0 atom stereocenters. The molecule has 0 aliphatic heterocycles. The fourth-order valence-corrected chi connectivity index (χ4v) is 2.77. The Morgan fingerprint density at radius 3 is 3.00 bits per heavy atom. The van der Waals surface area contributed by atoms with Crippen LogP contribution in [0.1, 0.15) is 0 Å². The second kappa shape index (κ2) is 4.77. The summed E-state index contributed by atoms with van der Waals surface area (Å²) in [4.78, 5) is 0.0705. The summed E-state index contributed by atoms with van der Waals surface area (Å²) in [5.74, 6) is 0. The summed E-state index contributed by atoms with van der Waals surface area (Å²) in [7, 11) is -3.65. The van der Waals surface area contributed by atoms with Crippen LogP contribution in [-0.4, -0.2) is 34.9 Å². The van der Waals surface area contributed by atoms with Crippen molar-refractivity contribution in [1.82, 2.24) is 20.0 Å². The molecule has 2 heterocycles. The molecule has 0 amide bonds. The summed E-state index contributed by atoms with van der Waals surface area (Å²) in [6.07, 6.45) is 2.68. The van der Waals surface area contributed by atoms with Crippen LogP contribution in [0.4, 0.5) is 5.13 Å². The molecule has 2 aromatic rings. The highest BCUT2D eigenvalue weighted by atomic mass is 32.2. The zero-order chi connectivity index (χ0) is 12.3. The molecule has 0 fully saturated rings. The maximum atomic E-state index is 11.9. The third-order valence-electron chi connectivity index (χ3n) is 1.86. The van der Waals surface area contributed by atoms with Crippen LogP contribution >= 0.6 is 11.3 Å². The first kappa shape index (κ1) is 12.0. The molecule has 10 heteroatoms. The van der Waals surface area contributed by atoms with E-state index in [2.05, 4.69) is 20.0 Å². The minimum Gasteiger partial charge on any atom is -0.329 e. The third-order valence-corrected chi connectivity index (χ3v) is 3.89. The second-order valence-corrected chi connectivity index (χ2v) is 5.59. The average Bonchev–Trinajstić information content (AvgIpc) is 2.88. The molecule has 0 aliphatic carbocycles. The van der Waals surface area contributed by atoms with Crippen LogP contribution < -0.4 is 10.5 Å². The summed E-state index contributed by atoms with van der Waals surface area (Å²) in [5, 5.41) is 11.2. The van der Waals surface area contributed by atoms with Crippen molar-refractivity contribution in [3.63, 3.8) is 0 Å². The van der Waals surface area contributed by atoms with Crippen LogP contribution in [0.2, 0.25) is 0 Å². The van der Waals surface area contributed by atoms with Crippen molar-refractivity contribution in [3.8, 4) is 0 Å². The number of nitrogens with two attached hydrogens (primary N) is 1. The lowest BCUT2D eigenvalue weighted by Gasteiger charge is -2.00. The van der Waals surface area contributed by atoms with E-state index in [1.807, 2.05) is 0 Å². The maximum Gasteiger partial charge on any atom is 0.266 e. The van der Waals surface area contributed by atoms with Crippen molar-refractivity contribution in [3.05, 3.63) is 17.9 Å². The van der Waals surface area contributed by atoms with Gasteiger partial charge >= 0.3 is 0 Å². The molecule has 0 radical (unpaired) electrons. The summed E-state index contributed by atoms with van der Waals surface area (Å²) >= 11 is 1.10. The van der Waals surface area contributed by atoms with E-state index >= 15 is 0 Å². The van der Waals surface area contributed by atoms with Gasteiger partial charge in [0.05, 0.1) is 12.7 Å². The van der Waals surface area contributed by atoms with E-state index in [0.717, 1.165) is 11.3 Å². The van der Waals surface area contributed by atoms with Gasteiger partial charge in [0.1, 0.15) is 10.4 Å². The molecule has 0 saturated heterocycles. The molecule has 3 N–H and O–H groups in total. The fourth-order valence-electron chi connectivity index (χ4n) is 1.13. The van der Waals surface area contributed by atoms with Gasteiger partial charge in [-0.2, -0.15) is 5.10 Å². The van der Waals surface area contributed by atoms with Gasteiger partial charge in [0.2, 0.25) is 5.13 Å². The first-order chi connectivity index (χ1) is 8.12. The van der Waals surface area contributed by atoms with Crippen LogP contribution in [0.15, 0.2) is 22.8 Å². The normalized spacial score (nSPS) is 11.6. The van der Waals surface area contributed by atoms with E-state index in [1.54, 1.807) is 0 Å². The quantitative estimate of drug-likeness (QED) is 0.759. The van der Waals surface area contributed by atoms with Gasteiger partial charge < -0.3 is 5.73 Å². The van der Waals surface area contributed by atoms with E-state index < -0.39 is 10.0 Å². The third kappa shape index (κ3) is 2.78. The van der Waals surface area contributed by atoms with Crippen molar-refractivity contribution in [2.45, 2.75) is 11.4 Å². The van der Waals surface area contributed by atoms with E-state index in [9.17, 15) is 8.42 Å². The van der Waals surface area contributed by atoms with Crippen molar-refractivity contribution >= 4 is 26.5 Å². The Morgan fingerprint density at radius 1 is 1.53 bits per heavy atom. The van der Waals surface area contributed by atoms with E-state index in [-0.39, 0.29) is 10.0 Å². The zero-order valence-corrected chi connectivity index (χ0v) is 10.3. The van der Waals surface area contributed by atoms with Gasteiger partial charge in [0, 0.05) is 12.7 Å². The first-order valence-corrected chi connectivity index (χ1v) is 6.99. The largest absolute Gasteiger partial charge is 0.329 e. The number of hydrogen-bond donors (Lipinski definition) is 2. The van der Waals surface area contributed by atoms with Gasteiger partial charge in [-0.05, 0) is 0 Å². The smallest absolute Gasteiger partial charge is 0.266 e. The summed E-state index contributed by atoms with van der Waals surface area (Å²) in [6, 6.07) is 0. The second-order valence-electron chi connectivity index (χ2n) is 3.08. The summed E-state index contributed by atoms with van der Waals surface area (Å²) in [6.45, 7) is 0.860. The predicted molar refractivity (Wildman–Crippen MR) is 62.0 cm³/mol. The molecule has 2 rings (SSSR count). The van der Waals surface area contributed by atoms with Crippen LogP contribution in [-0.2, 0) is 16.6 Å². The van der Waals surface area contributed by atoms with E-state index in [1.165, 1.54) is 22.6 Å². The Morgan fingerprint density at radius 2 is 2.35 bits per heavy atom. The Labute approximate surface area is 102 Å². The predicted octanol–water partition coefficient (Wildman–Crippen LogP) is -0.506. The molecule has 0 bridgehead atoms. The van der Waals surface area contributed by atoms with Crippen LogP contribution in [0, 0.1) is 0 Å². The van der Waals surface area contributed by atoms with Gasteiger partial charge in [0.15, 0.2) is 0 Å². The highest BCUT2D eigenvalue weighted by Crippen LogP contribution is 2.15. The number of anilines is 1. The van der Waals surface area contributed by atoms with Gasteiger partial charge in [-0.25, -0.2) is 8.42 Å². The van der Waals surface area contributed by atoms with E-state index in [0.29, 0.717) is 13.1 Å². The van der Waals surface area contributed by atoms with Crippen molar-refractivity contribution in [1.29, 1.82) is 0 Å². The maximum absolute atomic E-state index is 11.9. The fraction of sp³-hybridized carbons (Fsp3) is 0.286. The molecule has 0 aromatic carbocycles. The van der Waals surface area contributed by atoms with Crippen LogP contribution in [0.5, 0.6) is 0 Å². The van der Waals surface area contributed by atoms with Gasteiger partial charge in [0.25, 0.3) is 10.0 Å². The highest BCUT2D eigenvalue weighted by Gasteiger charge is 2.17. The van der Waals surface area contributed by atoms with Crippen molar-refractivity contribution < 1.29 is 8.42 Å². The van der Waals surface area contributed by atoms with Gasteiger partial charge in [-0.3, -0.25) is 9.40 Å². The Bertz CT molecular complexity index is 575. The number of sulfonamides is 1. The zero-order valence-electron chi connectivity index (χ0n) is 8.65. The van der Waals surface area contributed by atoms with Crippen LogP contribution in [0.25, 0.3) is 0 Å². The summed E-state index contributed by atoms with van der Waals surface area (Å²) in [5.41, 5.74) is 6.79. The highest BCUT2D eigenvalue weighted by molar-refractivity contribution is 7.93. The molecule has 2 aromatic heterocycles. The molecule has 0 spiro atoms. The van der Waals surface area contributed by atoms with Crippen molar-refractivity contribution in [2.75, 3.05) is 11.3 Å². The standard InChI is InChI=1S/C7H10N6O2S2/c8-1-2-13-4-6(3-10-13)17(14,15)12-7-11-9-5-16-7/h3-5H,1-2,8H2,(H,11,12). The average molecular weight is 274 g/mol. The number of rotatable bonds is 5. The molecule has 92 valence electrons. The minimum absolute atomic E-state index is 0.0705. The van der Waals surface area contributed by atoms with E-state index in [4.69, 9.17) is 5.73 Å². The van der Waals surface area contributed by atoms with Gasteiger partial charge in [-0.15, -0.1) is 10.2 Å².